The van der Waals surface area contributed by atoms with Crippen LogP contribution in [0.1, 0.15) is 16.8 Å². The maximum absolute atomic E-state index is 12.8. The fraction of sp³-hybridized carbons (Fsp3) is 0.133. The van der Waals surface area contributed by atoms with Crippen LogP contribution in [0.4, 0.5) is 5.69 Å². The van der Waals surface area contributed by atoms with Gasteiger partial charge in [-0.15, -0.1) is 0 Å². The molecule has 1 atom stereocenters. The van der Waals surface area contributed by atoms with E-state index in [1.807, 2.05) is 0 Å². The first-order valence-electron chi connectivity index (χ1n) is 7.30. The molecular formula is C15H10N2O9S. The maximum Gasteiger partial charge on any atom is 0.296 e. The summed E-state index contributed by atoms with van der Waals surface area (Å²) >= 11 is 0. The summed E-state index contributed by atoms with van der Waals surface area (Å²) in [5.41, 5.74) is -1.29. The third-order valence-corrected chi connectivity index (χ3v) is 4.90. The Morgan fingerprint density at radius 3 is 2.15 bits per heavy atom. The van der Waals surface area contributed by atoms with Gasteiger partial charge in [-0.1, -0.05) is 6.07 Å². The molecule has 2 N–H and O–H groups in total. The number of carbonyl (C=O) groups is 5. The molecular weight excluding hydrogens is 384 g/mol. The Balaban J connectivity index is 2.21. The molecule has 2 heterocycles. The van der Waals surface area contributed by atoms with Crippen LogP contribution in [0.2, 0.25) is 0 Å². The summed E-state index contributed by atoms with van der Waals surface area (Å²) in [6.07, 6.45) is 0.984. The number of Topliss-reactive ketones (excluding diaryl/α,β-unsaturated/α-hetero) is 1. The van der Waals surface area contributed by atoms with Gasteiger partial charge in [-0.2, -0.15) is 13.5 Å². The molecule has 0 aliphatic carbocycles. The van der Waals surface area contributed by atoms with Crippen LogP contribution in [0.15, 0.2) is 35.2 Å². The molecule has 4 amide bonds. The number of hydroxylamine groups is 2. The Morgan fingerprint density at radius 2 is 1.67 bits per heavy atom. The number of anilines is 1. The number of hydrogen-bond donors (Lipinski definition) is 2. The molecule has 3 rings (SSSR count). The molecule has 0 aromatic heterocycles. The fourth-order valence-corrected chi connectivity index (χ4v) is 3.49. The number of carbonyl (C=O) groups excluding carboxylic acids is 5. The summed E-state index contributed by atoms with van der Waals surface area (Å²) in [6.45, 7) is 0. The van der Waals surface area contributed by atoms with Gasteiger partial charge in [0.15, 0.2) is 5.78 Å². The predicted octanol–water partition coefficient (Wildman–Crippen LogP) is -0.690. The van der Waals surface area contributed by atoms with Crippen molar-refractivity contribution < 1.29 is 42.2 Å². The van der Waals surface area contributed by atoms with E-state index in [0.717, 1.165) is 30.4 Å². The lowest BCUT2D eigenvalue weighted by Crippen LogP contribution is -2.34. The second-order valence-corrected chi connectivity index (χ2v) is 7.03. The molecule has 1 aromatic rings. The molecule has 0 saturated carbocycles. The van der Waals surface area contributed by atoms with E-state index in [-0.39, 0.29) is 5.06 Å². The highest BCUT2D eigenvalue weighted by atomic mass is 32.2. The zero-order valence-electron chi connectivity index (χ0n) is 13.2. The van der Waals surface area contributed by atoms with E-state index in [1.165, 1.54) is 0 Å². The Hall–Kier alpha value is -3.22. The highest BCUT2D eigenvalue weighted by Crippen LogP contribution is 2.34. The first-order valence-corrected chi connectivity index (χ1v) is 8.74. The summed E-state index contributed by atoms with van der Waals surface area (Å²) in [5, 5.41) is 9.07. The maximum atomic E-state index is 12.8. The van der Waals surface area contributed by atoms with E-state index in [2.05, 4.69) is 0 Å². The third-order valence-electron chi connectivity index (χ3n) is 4.01. The van der Waals surface area contributed by atoms with Gasteiger partial charge in [0, 0.05) is 24.1 Å². The van der Waals surface area contributed by atoms with Gasteiger partial charge in [-0.05, 0) is 12.1 Å². The number of imide groups is 2. The van der Waals surface area contributed by atoms with E-state index in [1.54, 1.807) is 0 Å². The number of rotatable bonds is 4. The van der Waals surface area contributed by atoms with Gasteiger partial charge < -0.3 is 0 Å². The third kappa shape index (κ3) is 2.95. The van der Waals surface area contributed by atoms with Crippen molar-refractivity contribution in [3.63, 3.8) is 0 Å². The van der Waals surface area contributed by atoms with Gasteiger partial charge in [0.1, 0.15) is 10.8 Å². The lowest BCUT2D eigenvalue weighted by Gasteiger charge is -2.21. The fourth-order valence-electron chi connectivity index (χ4n) is 2.79. The Kier molecular flexibility index (Phi) is 4.26. The Bertz CT molecular complexity index is 1040. The minimum absolute atomic E-state index is 0.234. The summed E-state index contributed by atoms with van der Waals surface area (Å²) in [6, 6.07) is 2.94. The number of ketones is 1. The van der Waals surface area contributed by atoms with Crippen molar-refractivity contribution in [1.29, 1.82) is 0 Å². The molecule has 1 aromatic carbocycles. The monoisotopic (exact) mass is 394 g/mol. The summed E-state index contributed by atoms with van der Waals surface area (Å²) in [5.74, 6) is -6.98. The van der Waals surface area contributed by atoms with Gasteiger partial charge in [0.05, 0.1) is 5.69 Å². The SMILES string of the molecule is O=C(c1cccc(S(=O)(=O)O)c1N1C(=O)C=CC1=O)C1CC(=O)N(O)C1=O. The second kappa shape index (κ2) is 6.19. The van der Waals surface area contributed by atoms with Gasteiger partial charge in [0.2, 0.25) is 0 Å². The summed E-state index contributed by atoms with van der Waals surface area (Å²) in [4.78, 5) is 59.5. The van der Waals surface area contributed by atoms with Gasteiger partial charge in [0.25, 0.3) is 33.7 Å². The molecule has 0 spiro atoms. The zero-order chi connectivity index (χ0) is 20.1. The highest BCUT2D eigenvalue weighted by Gasteiger charge is 2.45. The van der Waals surface area contributed by atoms with Crippen LogP contribution in [0.25, 0.3) is 0 Å². The standard InChI is InChI=1S/C15H10N2O9S/c18-10-4-5-11(19)16(10)13-7(2-1-3-9(13)27(24,25)26)14(21)8-6-12(20)17(23)15(8)22/h1-5,8,23H,6H2,(H,24,25,26). The van der Waals surface area contributed by atoms with Crippen LogP contribution >= 0.6 is 0 Å². The van der Waals surface area contributed by atoms with E-state index >= 15 is 0 Å². The van der Waals surface area contributed by atoms with Gasteiger partial charge in [-0.3, -0.25) is 33.7 Å². The Labute approximate surface area is 151 Å². The second-order valence-electron chi connectivity index (χ2n) is 5.64. The zero-order valence-corrected chi connectivity index (χ0v) is 14.0. The molecule has 0 radical (unpaired) electrons. The molecule has 11 nitrogen and oxygen atoms in total. The average molecular weight is 394 g/mol. The number of nitrogens with zero attached hydrogens (tertiary/aromatic N) is 2. The van der Waals surface area contributed by atoms with Gasteiger partial charge in [-0.25, -0.2) is 4.90 Å². The minimum atomic E-state index is -4.97. The molecule has 1 fully saturated rings. The summed E-state index contributed by atoms with van der Waals surface area (Å²) in [7, 11) is -4.97. The van der Waals surface area contributed by atoms with Crippen molar-refractivity contribution in [2.75, 3.05) is 4.90 Å². The largest absolute Gasteiger partial charge is 0.296 e. The number of amides is 4. The normalized spacial score (nSPS) is 20.1. The van der Waals surface area contributed by atoms with Crippen LogP contribution in [0.5, 0.6) is 0 Å². The number of para-hydroxylation sites is 1. The number of hydrogen-bond acceptors (Lipinski definition) is 8. The smallest absolute Gasteiger partial charge is 0.293 e. The van der Waals surface area contributed by atoms with Crippen LogP contribution in [0.3, 0.4) is 0 Å². The summed E-state index contributed by atoms with van der Waals surface area (Å²) < 4.78 is 32.8. The topological polar surface area (TPSA) is 166 Å². The molecule has 2 aliphatic heterocycles. The molecule has 1 saturated heterocycles. The van der Waals surface area contributed by atoms with E-state index < -0.39 is 68.0 Å². The van der Waals surface area contributed by atoms with Crippen LogP contribution < -0.4 is 4.90 Å². The number of benzene rings is 1. The minimum Gasteiger partial charge on any atom is -0.293 e. The molecule has 2 aliphatic rings. The van der Waals surface area contributed by atoms with Crippen molar-refractivity contribution in [2.24, 2.45) is 5.92 Å². The van der Waals surface area contributed by atoms with Crippen LogP contribution in [-0.2, 0) is 29.3 Å². The van der Waals surface area contributed by atoms with Crippen molar-refractivity contribution in [3.8, 4) is 0 Å². The van der Waals surface area contributed by atoms with E-state index in [0.29, 0.717) is 4.90 Å². The lowest BCUT2D eigenvalue weighted by atomic mass is 9.94. The average Bonchev–Trinajstić information content (AvgIpc) is 3.06. The van der Waals surface area contributed by atoms with Crippen molar-refractivity contribution in [1.82, 2.24) is 5.06 Å². The first kappa shape index (κ1) is 18.6. The highest BCUT2D eigenvalue weighted by molar-refractivity contribution is 7.86. The predicted molar refractivity (Wildman–Crippen MR) is 84.0 cm³/mol. The quantitative estimate of drug-likeness (QED) is 0.221. The van der Waals surface area contributed by atoms with Crippen molar-refractivity contribution in [2.45, 2.75) is 11.3 Å². The van der Waals surface area contributed by atoms with Crippen molar-refractivity contribution >= 4 is 45.2 Å². The lowest BCUT2D eigenvalue weighted by molar-refractivity contribution is -0.171. The molecule has 0 bridgehead atoms. The van der Waals surface area contributed by atoms with Crippen molar-refractivity contribution in [3.05, 3.63) is 35.9 Å². The molecule has 12 heteroatoms. The van der Waals surface area contributed by atoms with E-state index in [9.17, 15) is 42.2 Å². The molecule has 27 heavy (non-hydrogen) atoms. The Morgan fingerprint density at radius 1 is 1.07 bits per heavy atom. The molecule has 1 unspecified atom stereocenters. The first-order chi connectivity index (χ1) is 12.5. The molecule has 140 valence electrons. The van der Waals surface area contributed by atoms with E-state index in [4.69, 9.17) is 0 Å². The van der Waals surface area contributed by atoms with Crippen LogP contribution in [-0.4, -0.2) is 52.7 Å². The van der Waals surface area contributed by atoms with Gasteiger partial charge >= 0.3 is 0 Å². The van der Waals surface area contributed by atoms with Crippen LogP contribution in [0, 0.1) is 5.92 Å².